The molecule has 0 N–H and O–H groups in total. The van der Waals surface area contributed by atoms with Crippen LogP contribution in [0.3, 0.4) is 0 Å². The van der Waals surface area contributed by atoms with Crippen molar-refractivity contribution < 1.29 is 4.42 Å². The molecule has 42 heavy (non-hydrogen) atoms. The number of anilines is 6. The lowest BCUT2D eigenvalue weighted by Crippen LogP contribution is -2.54. The number of rotatable bonds is 4. The van der Waals surface area contributed by atoms with Crippen LogP contribution >= 0.6 is 0 Å². The highest BCUT2D eigenvalue weighted by Gasteiger charge is 2.46. The third kappa shape index (κ3) is 3.29. The van der Waals surface area contributed by atoms with E-state index in [-0.39, 0.29) is 6.71 Å². The summed E-state index contributed by atoms with van der Waals surface area (Å²) in [7, 11) is 0. The van der Waals surface area contributed by atoms with Crippen LogP contribution in [-0.4, -0.2) is 6.71 Å². The Balaban J connectivity index is 1.33. The molecule has 0 aliphatic carbocycles. The molecule has 0 atom stereocenters. The Morgan fingerprint density at radius 2 is 1.21 bits per heavy atom. The molecule has 7 aromatic rings. The summed E-state index contributed by atoms with van der Waals surface area (Å²) in [6.07, 6.45) is 0. The van der Waals surface area contributed by atoms with E-state index in [0.717, 1.165) is 34.0 Å². The second-order valence-corrected chi connectivity index (χ2v) is 10.9. The number of hydrogen-bond donors (Lipinski definition) is 0. The lowest BCUT2D eigenvalue weighted by molar-refractivity contribution is 0.653. The van der Waals surface area contributed by atoms with Gasteiger partial charge in [-0.05, 0) is 77.2 Å². The van der Waals surface area contributed by atoms with Gasteiger partial charge in [0.1, 0.15) is 5.58 Å². The van der Waals surface area contributed by atoms with Gasteiger partial charge in [0.05, 0.1) is 5.66 Å². The van der Waals surface area contributed by atoms with Gasteiger partial charge in [-0.2, -0.15) is 0 Å². The van der Waals surface area contributed by atoms with Crippen LogP contribution in [0.5, 0.6) is 0 Å². The minimum absolute atomic E-state index is 0.0320. The van der Waals surface area contributed by atoms with Crippen molar-refractivity contribution in [2.75, 3.05) is 9.80 Å². The van der Waals surface area contributed by atoms with Crippen LogP contribution in [-0.2, 0) is 0 Å². The molecule has 0 saturated carbocycles. The Morgan fingerprint density at radius 3 is 1.95 bits per heavy atom. The number of para-hydroxylation sites is 4. The van der Waals surface area contributed by atoms with Gasteiger partial charge in [-0.25, -0.2) is 0 Å². The van der Waals surface area contributed by atoms with Crippen molar-refractivity contribution in [3.8, 4) is 11.1 Å². The van der Waals surface area contributed by atoms with E-state index >= 15 is 0 Å². The first-order valence-corrected chi connectivity index (χ1v) is 14.4. The number of furan rings is 1. The molecule has 0 fully saturated rings. The summed E-state index contributed by atoms with van der Waals surface area (Å²) in [5, 5.41) is 1.18. The van der Waals surface area contributed by atoms with Gasteiger partial charge in [-0.15, -0.1) is 0 Å². The third-order valence-electron chi connectivity index (χ3n) is 8.63. The van der Waals surface area contributed by atoms with Crippen LogP contribution in [0.2, 0.25) is 0 Å². The number of benzene rings is 6. The first-order valence-electron chi connectivity index (χ1n) is 14.4. The fourth-order valence-electron chi connectivity index (χ4n) is 6.94. The molecular formula is C38H25BN2O. The van der Waals surface area contributed by atoms with Crippen LogP contribution in [0, 0.1) is 0 Å². The van der Waals surface area contributed by atoms with Gasteiger partial charge in [0.25, 0.3) is 6.71 Å². The van der Waals surface area contributed by atoms with Gasteiger partial charge in [0, 0.05) is 45.1 Å². The first-order chi connectivity index (χ1) is 20.9. The zero-order chi connectivity index (χ0) is 27.6. The standard InChI is InChI=1S/C38H25BN2O/c1-4-13-26(14-5-1)40(27-15-6-2-7-16-27)29-23-24-32-34(25-29)41(28-17-8-3-9-18-28)33-21-12-20-31-36-30-19-10-11-22-35(30)42-38(36)39(32)37(31)33/h1-25H. The fraction of sp³-hybridized carbons (Fsp3) is 0. The average Bonchev–Trinajstić information content (AvgIpc) is 3.59. The maximum atomic E-state index is 6.67. The summed E-state index contributed by atoms with van der Waals surface area (Å²) < 4.78 is 6.67. The highest BCUT2D eigenvalue weighted by molar-refractivity contribution is 7.01. The Bertz CT molecular complexity index is 2070. The van der Waals surface area contributed by atoms with Crippen LogP contribution < -0.4 is 26.4 Å². The first kappa shape index (κ1) is 23.3. The van der Waals surface area contributed by atoms with E-state index in [0.29, 0.717) is 0 Å². The molecule has 0 saturated heterocycles. The van der Waals surface area contributed by atoms with Crippen molar-refractivity contribution in [2.45, 2.75) is 0 Å². The Kier molecular flexibility index (Phi) is 4.99. The molecular weight excluding hydrogens is 511 g/mol. The molecule has 196 valence electrons. The van der Waals surface area contributed by atoms with E-state index in [1.807, 2.05) is 0 Å². The molecule has 0 unspecified atom stereocenters. The van der Waals surface area contributed by atoms with Gasteiger partial charge in [-0.3, -0.25) is 0 Å². The summed E-state index contributed by atoms with van der Waals surface area (Å²) in [5.41, 5.74) is 13.9. The van der Waals surface area contributed by atoms with Gasteiger partial charge >= 0.3 is 0 Å². The molecule has 0 spiro atoms. The number of nitrogens with zero attached hydrogens (tertiary/aromatic N) is 2. The van der Waals surface area contributed by atoms with Gasteiger partial charge in [0.15, 0.2) is 0 Å². The lowest BCUT2D eigenvalue weighted by Gasteiger charge is -2.36. The Morgan fingerprint density at radius 1 is 0.548 bits per heavy atom. The predicted octanol–water partition coefficient (Wildman–Crippen LogP) is 8.18. The predicted molar refractivity (Wildman–Crippen MR) is 176 cm³/mol. The topological polar surface area (TPSA) is 19.6 Å². The van der Waals surface area contributed by atoms with E-state index in [2.05, 4.69) is 161 Å². The highest BCUT2D eigenvalue weighted by Crippen LogP contribution is 2.44. The molecule has 0 bridgehead atoms. The molecule has 3 nitrogen and oxygen atoms in total. The van der Waals surface area contributed by atoms with Crippen molar-refractivity contribution in [3.05, 3.63) is 152 Å². The molecule has 0 radical (unpaired) electrons. The maximum absolute atomic E-state index is 6.67. The third-order valence-corrected chi connectivity index (χ3v) is 8.63. The van der Waals surface area contributed by atoms with Crippen LogP contribution in [0.25, 0.3) is 22.1 Å². The lowest BCUT2D eigenvalue weighted by atomic mass is 9.39. The molecule has 4 heteroatoms. The number of hydrogen-bond acceptors (Lipinski definition) is 3. The quantitative estimate of drug-likeness (QED) is 0.212. The minimum Gasteiger partial charge on any atom is -0.470 e. The van der Waals surface area contributed by atoms with Crippen molar-refractivity contribution >= 4 is 68.4 Å². The molecule has 1 aromatic heterocycles. The maximum Gasteiger partial charge on any atom is 0.293 e. The summed E-state index contributed by atoms with van der Waals surface area (Å²) in [5.74, 6) is 0. The number of fused-ring (bicyclic) bond motifs is 7. The van der Waals surface area contributed by atoms with Crippen molar-refractivity contribution in [2.24, 2.45) is 0 Å². The van der Waals surface area contributed by atoms with Gasteiger partial charge in [0.2, 0.25) is 0 Å². The smallest absolute Gasteiger partial charge is 0.293 e. The van der Waals surface area contributed by atoms with Gasteiger partial charge in [-0.1, -0.05) is 91.0 Å². The molecule has 2 aliphatic heterocycles. The van der Waals surface area contributed by atoms with Crippen LogP contribution in [0.15, 0.2) is 156 Å². The van der Waals surface area contributed by atoms with E-state index in [1.165, 1.54) is 38.8 Å². The second-order valence-electron chi connectivity index (χ2n) is 10.9. The Labute approximate surface area is 245 Å². The van der Waals surface area contributed by atoms with Crippen LogP contribution in [0.1, 0.15) is 0 Å². The zero-order valence-corrected chi connectivity index (χ0v) is 22.8. The minimum atomic E-state index is 0.0320. The second kappa shape index (κ2) is 9.02. The largest absolute Gasteiger partial charge is 0.470 e. The van der Waals surface area contributed by atoms with E-state index in [1.54, 1.807) is 0 Å². The molecule has 3 heterocycles. The van der Waals surface area contributed by atoms with E-state index in [9.17, 15) is 0 Å². The van der Waals surface area contributed by atoms with Crippen molar-refractivity contribution in [3.63, 3.8) is 0 Å². The summed E-state index contributed by atoms with van der Waals surface area (Å²) >= 11 is 0. The highest BCUT2D eigenvalue weighted by atomic mass is 16.3. The zero-order valence-electron chi connectivity index (χ0n) is 22.8. The summed E-state index contributed by atoms with van der Waals surface area (Å²) in [6, 6.07) is 53.9. The fourth-order valence-corrected chi connectivity index (χ4v) is 6.94. The molecule has 0 amide bonds. The average molecular weight is 536 g/mol. The molecule has 6 aromatic carbocycles. The van der Waals surface area contributed by atoms with Crippen molar-refractivity contribution in [1.29, 1.82) is 0 Å². The summed E-state index contributed by atoms with van der Waals surface area (Å²) in [6.45, 7) is 0.0320. The van der Waals surface area contributed by atoms with E-state index < -0.39 is 0 Å². The normalized spacial score (nSPS) is 12.7. The van der Waals surface area contributed by atoms with Gasteiger partial charge < -0.3 is 14.2 Å². The van der Waals surface area contributed by atoms with Crippen molar-refractivity contribution in [1.82, 2.24) is 0 Å². The molecule has 9 rings (SSSR count). The Hall–Kier alpha value is -5.48. The summed E-state index contributed by atoms with van der Waals surface area (Å²) in [4.78, 5) is 4.76. The molecule has 2 aliphatic rings. The monoisotopic (exact) mass is 536 g/mol. The van der Waals surface area contributed by atoms with E-state index in [4.69, 9.17) is 4.42 Å². The van der Waals surface area contributed by atoms with Crippen LogP contribution in [0.4, 0.5) is 34.1 Å². The SMILES string of the molecule is c1ccc(N(c2ccccc2)c2ccc3c(c2)N(c2ccccc2)c2cccc4c2B3c2oc3ccccc3c2-4)cc1.